The van der Waals surface area contributed by atoms with E-state index in [0.717, 1.165) is 24.0 Å². The van der Waals surface area contributed by atoms with E-state index in [1.807, 2.05) is 29.1 Å². The number of carboxylic acid groups (broad SMARTS) is 1. The zero-order chi connectivity index (χ0) is 14.7. The Balaban J connectivity index is 1.60. The van der Waals surface area contributed by atoms with Crippen molar-refractivity contribution < 1.29 is 14.3 Å². The van der Waals surface area contributed by atoms with Gasteiger partial charge in [0.05, 0.1) is 6.54 Å². The number of rotatable bonds is 6. The van der Waals surface area contributed by atoms with Crippen molar-refractivity contribution >= 4 is 16.9 Å². The maximum absolute atomic E-state index is 10.9. The van der Waals surface area contributed by atoms with Crippen LogP contribution in [0.4, 0.5) is 0 Å². The van der Waals surface area contributed by atoms with Crippen LogP contribution in [0.5, 0.6) is 0 Å². The average molecular weight is 285 g/mol. The maximum Gasteiger partial charge on any atom is 0.371 e. The third kappa shape index (κ3) is 3.11. The Labute approximate surface area is 121 Å². The van der Waals surface area contributed by atoms with Crippen LogP contribution >= 0.6 is 0 Å². The van der Waals surface area contributed by atoms with Gasteiger partial charge >= 0.3 is 5.97 Å². The van der Waals surface area contributed by atoms with Crippen LogP contribution in [0.3, 0.4) is 0 Å². The summed E-state index contributed by atoms with van der Waals surface area (Å²) in [5.41, 5.74) is 1.67. The molecule has 0 saturated carbocycles. The molecule has 0 fully saturated rings. The van der Waals surface area contributed by atoms with Crippen LogP contribution < -0.4 is 5.32 Å². The fourth-order valence-electron chi connectivity index (χ4n) is 2.17. The van der Waals surface area contributed by atoms with Crippen LogP contribution in [0, 0.1) is 0 Å². The molecule has 6 heteroatoms. The van der Waals surface area contributed by atoms with Gasteiger partial charge in [0.25, 0.3) is 0 Å². The highest BCUT2D eigenvalue weighted by Crippen LogP contribution is 2.20. The number of nitrogens with one attached hydrogen (secondary N) is 1. The van der Waals surface area contributed by atoms with Crippen LogP contribution in [0.1, 0.15) is 16.1 Å². The Morgan fingerprint density at radius 2 is 2.29 bits per heavy atom. The molecule has 0 aliphatic carbocycles. The number of aromatic carboxylic acids is 1. The number of hydrogen-bond acceptors (Lipinski definition) is 4. The van der Waals surface area contributed by atoms with Gasteiger partial charge in [0, 0.05) is 30.9 Å². The number of nitrogens with zero attached hydrogens (tertiary/aromatic N) is 2. The average Bonchev–Trinajstić information content (AvgIpc) is 3.12. The largest absolute Gasteiger partial charge is 0.475 e. The van der Waals surface area contributed by atoms with Crippen LogP contribution in [0.15, 0.2) is 47.1 Å². The fraction of sp³-hybridized carbons (Fsp3) is 0.200. The van der Waals surface area contributed by atoms with Gasteiger partial charge in [-0.05, 0) is 29.8 Å². The molecule has 0 aliphatic heterocycles. The van der Waals surface area contributed by atoms with Crippen molar-refractivity contribution in [2.75, 3.05) is 6.54 Å². The van der Waals surface area contributed by atoms with Gasteiger partial charge in [0.2, 0.25) is 5.76 Å². The topological polar surface area (TPSA) is 80.3 Å². The molecule has 0 aliphatic rings. The van der Waals surface area contributed by atoms with Gasteiger partial charge in [0.1, 0.15) is 5.58 Å². The Morgan fingerprint density at radius 3 is 3.05 bits per heavy atom. The third-order valence-corrected chi connectivity index (χ3v) is 3.20. The van der Waals surface area contributed by atoms with Gasteiger partial charge in [-0.2, -0.15) is 5.10 Å². The number of fused-ring (bicyclic) bond motifs is 1. The summed E-state index contributed by atoms with van der Waals surface area (Å²) in [7, 11) is 0. The second-order valence-electron chi connectivity index (χ2n) is 4.73. The minimum Gasteiger partial charge on any atom is -0.475 e. The van der Waals surface area contributed by atoms with E-state index in [2.05, 4.69) is 10.4 Å². The molecule has 0 saturated heterocycles. The highest BCUT2D eigenvalue weighted by molar-refractivity contribution is 5.91. The summed E-state index contributed by atoms with van der Waals surface area (Å²) in [4.78, 5) is 10.9. The molecule has 6 nitrogen and oxygen atoms in total. The molecule has 21 heavy (non-hydrogen) atoms. The predicted molar refractivity (Wildman–Crippen MR) is 77.1 cm³/mol. The van der Waals surface area contributed by atoms with Crippen molar-refractivity contribution in [2.45, 2.75) is 13.1 Å². The summed E-state index contributed by atoms with van der Waals surface area (Å²) in [6.07, 6.45) is 3.68. The van der Waals surface area contributed by atoms with E-state index < -0.39 is 5.97 Å². The molecule has 0 amide bonds. The van der Waals surface area contributed by atoms with E-state index in [9.17, 15) is 4.79 Å². The summed E-state index contributed by atoms with van der Waals surface area (Å²) in [6.45, 7) is 2.33. The van der Waals surface area contributed by atoms with E-state index in [-0.39, 0.29) is 5.76 Å². The third-order valence-electron chi connectivity index (χ3n) is 3.20. The normalized spacial score (nSPS) is 11.0. The minimum atomic E-state index is -1.05. The number of furan rings is 1. The smallest absolute Gasteiger partial charge is 0.371 e. The highest BCUT2D eigenvalue weighted by atomic mass is 16.4. The molecular formula is C15H15N3O3. The second-order valence-corrected chi connectivity index (χ2v) is 4.73. The van der Waals surface area contributed by atoms with Crippen molar-refractivity contribution in [2.24, 2.45) is 0 Å². The molecule has 2 heterocycles. The number of hydrogen-bond donors (Lipinski definition) is 2. The fourth-order valence-corrected chi connectivity index (χ4v) is 2.17. The molecule has 2 N–H and O–H groups in total. The first kappa shape index (κ1) is 13.4. The van der Waals surface area contributed by atoms with Crippen molar-refractivity contribution in [1.82, 2.24) is 15.1 Å². The summed E-state index contributed by atoms with van der Waals surface area (Å²) in [5.74, 6) is -1.08. The molecule has 0 radical (unpaired) electrons. The SMILES string of the molecule is O=C(O)c1cc2cc(CNCCn3cccn3)ccc2o1. The molecular weight excluding hydrogens is 270 g/mol. The first-order valence-electron chi connectivity index (χ1n) is 6.66. The zero-order valence-electron chi connectivity index (χ0n) is 11.3. The van der Waals surface area contributed by atoms with Gasteiger partial charge in [-0.3, -0.25) is 4.68 Å². The van der Waals surface area contributed by atoms with Gasteiger partial charge in [-0.15, -0.1) is 0 Å². The molecule has 0 atom stereocenters. The molecule has 108 valence electrons. The lowest BCUT2D eigenvalue weighted by Crippen LogP contribution is -2.19. The summed E-state index contributed by atoms with van der Waals surface area (Å²) in [5, 5.41) is 17.2. The van der Waals surface area contributed by atoms with Crippen molar-refractivity contribution in [1.29, 1.82) is 0 Å². The van der Waals surface area contributed by atoms with Gasteiger partial charge in [-0.1, -0.05) is 6.07 Å². The monoisotopic (exact) mass is 285 g/mol. The molecule has 0 unspecified atom stereocenters. The molecule has 3 aromatic rings. The van der Waals surface area contributed by atoms with Crippen LogP contribution in [-0.2, 0) is 13.1 Å². The number of aromatic nitrogens is 2. The van der Waals surface area contributed by atoms with Gasteiger partial charge in [0.15, 0.2) is 0 Å². The number of carbonyl (C=O) groups is 1. The predicted octanol–water partition coefficient (Wildman–Crippen LogP) is 2.12. The van der Waals surface area contributed by atoms with Gasteiger partial charge < -0.3 is 14.8 Å². The summed E-state index contributed by atoms with van der Waals surface area (Å²) < 4.78 is 7.09. The lowest BCUT2D eigenvalue weighted by Gasteiger charge is -2.05. The van der Waals surface area contributed by atoms with E-state index in [1.54, 1.807) is 18.3 Å². The van der Waals surface area contributed by atoms with Crippen LogP contribution in [0.25, 0.3) is 11.0 Å². The van der Waals surface area contributed by atoms with Crippen LogP contribution in [0.2, 0.25) is 0 Å². The van der Waals surface area contributed by atoms with Crippen molar-refractivity contribution in [3.05, 3.63) is 54.0 Å². The number of benzene rings is 1. The molecule has 0 bridgehead atoms. The van der Waals surface area contributed by atoms with E-state index in [4.69, 9.17) is 9.52 Å². The summed E-state index contributed by atoms with van der Waals surface area (Å²) >= 11 is 0. The van der Waals surface area contributed by atoms with Crippen molar-refractivity contribution in [3.8, 4) is 0 Å². The molecule has 3 rings (SSSR count). The minimum absolute atomic E-state index is 0.0335. The molecule has 1 aromatic carbocycles. The first-order valence-corrected chi connectivity index (χ1v) is 6.66. The Kier molecular flexibility index (Phi) is 3.70. The number of carboxylic acids is 1. The molecule has 0 spiro atoms. The van der Waals surface area contributed by atoms with E-state index >= 15 is 0 Å². The van der Waals surface area contributed by atoms with Crippen LogP contribution in [-0.4, -0.2) is 27.4 Å². The zero-order valence-corrected chi connectivity index (χ0v) is 11.3. The lowest BCUT2D eigenvalue weighted by atomic mass is 10.1. The van der Waals surface area contributed by atoms with Gasteiger partial charge in [-0.25, -0.2) is 4.79 Å². The Morgan fingerprint density at radius 1 is 1.38 bits per heavy atom. The summed E-state index contributed by atoms with van der Waals surface area (Å²) in [6, 6.07) is 9.11. The maximum atomic E-state index is 10.9. The first-order chi connectivity index (χ1) is 10.2. The van der Waals surface area contributed by atoms with E-state index in [0.29, 0.717) is 12.1 Å². The lowest BCUT2D eigenvalue weighted by molar-refractivity contribution is 0.0665. The Hall–Kier alpha value is -2.60. The van der Waals surface area contributed by atoms with E-state index in [1.165, 1.54) is 0 Å². The quantitative estimate of drug-likeness (QED) is 0.678. The highest BCUT2D eigenvalue weighted by Gasteiger charge is 2.10. The van der Waals surface area contributed by atoms with Crippen molar-refractivity contribution in [3.63, 3.8) is 0 Å². The molecule has 2 aromatic heterocycles. The standard InChI is InChI=1S/C15H15N3O3/c19-15(20)14-9-12-8-11(2-3-13(12)21-14)10-16-5-7-18-6-1-4-17-18/h1-4,6,8-9,16H,5,7,10H2,(H,19,20). The Bertz CT molecular complexity index is 747. The second kappa shape index (κ2) is 5.80.